The first kappa shape index (κ1) is 14.1. The second kappa shape index (κ2) is 5.79. The lowest BCUT2D eigenvalue weighted by Gasteiger charge is -2.09. The number of nitrogens with two attached hydrogens (primary N) is 1. The standard InChI is InChI=1S/C13H20N2O3S/c1-18-13-9-11(6-7-12(13)14)19(16,17)15-8-2-3-10-4-5-10/h6-7,9-10,15H,2-5,8,14H2,1H3. The summed E-state index contributed by atoms with van der Waals surface area (Å²) in [4.78, 5) is 0.185. The van der Waals surface area contributed by atoms with Gasteiger partial charge in [-0.05, 0) is 30.9 Å². The van der Waals surface area contributed by atoms with E-state index in [0.29, 0.717) is 18.0 Å². The zero-order valence-electron chi connectivity index (χ0n) is 11.1. The maximum atomic E-state index is 12.1. The highest BCUT2D eigenvalue weighted by Crippen LogP contribution is 2.33. The van der Waals surface area contributed by atoms with Crippen molar-refractivity contribution >= 4 is 15.7 Å². The summed E-state index contributed by atoms with van der Waals surface area (Å²) >= 11 is 0. The quantitative estimate of drug-likeness (QED) is 0.590. The molecule has 5 nitrogen and oxygen atoms in total. The molecule has 3 N–H and O–H groups in total. The van der Waals surface area contributed by atoms with E-state index < -0.39 is 10.0 Å². The van der Waals surface area contributed by atoms with Gasteiger partial charge in [0.2, 0.25) is 10.0 Å². The van der Waals surface area contributed by atoms with E-state index in [4.69, 9.17) is 10.5 Å². The number of rotatable bonds is 7. The molecule has 1 aliphatic carbocycles. The Morgan fingerprint density at radius 1 is 1.42 bits per heavy atom. The molecule has 1 saturated carbocycles. The highest BCUT2D eigenvalue weighted by atomic mass is 32.2. The summed E-state index contributed by atoms with van der Waals surface area (Å²) in [6.45, 7) is 0.478. The van der Waals surface area contributed by atoms with Gasteiger partial charge in [-0.15, -0.1) is 0 Å². The molecule has 0 radical (unpaired) electrons. The third-order valence-corrected chi connectivity index (χ3v) is 4.75. The first-order chi connectivity index (χ1) is 9.03. The molecule has 106 valence electrons. The van der Waals surface area contributed by atoms with Gasteiger partial charge < -0.3 is 10.5 Å². The van der Waals surface area contributed by atoms with E-state index in [-0.39, 0.29) is 4.90 Å². The Balaban J connectivity index is 1.97. The van der Waals surface area contributed by atoms with Crippen molar-refractivity contribution in [2.45, 2.75) is 30.6 Å². The molecule has 0 unspecified atom stereocenters. The number of hydrogen-bond donors (Lipinski definition) is 2. The molecule has 0 saturated heterocycles. The number of sulfonamides is 1. The summed E-state index contributed by atoms with van der Waals surface area (Å²) in [5.41, 5.74) is 6.09. The van der Waals surface area contributed by atoms with Crippen molar-refractivity contribution in [2.24, 2.45) is 5.92 Å². The molecule has 2 rings (SSSR count). The molecule has 1 aromatic rings. The minimum Gasteiger partial charge on any atom is -0.495 e. The van der Waals surface area contributed by atoms with Crippen LogP contribution >= 0.6 is 0 Å². The lowest BCUT2D eigenvalue weighted by Crippen LogP contribution is -2.25. The molecule has 0 amide bonds. The van der Waals surface area contributed by atoms with Crippen LogP contribution in [0.4, 0.5) is 5.69 Å². The van der Waals surface area contributed by atoms with E-state index in [1.807, 2.05) is 0 Å². The molecule has 1 aromatic carbocycles. The largest absolute Gasteiger partial charge is 0.495 e. The average molecular weight is 284 g/mol. The van der Waals surface area contributed by atoms with E-state index in [2.05, 4.69) is 4.72 Å². The molecule has 0 aliphatic heterocycles. The van der Waals surface area contributed by atoms with Crippen LogP contribution in [0.3, 0.4) is 0 Å². The van der Waals surface area contributed by atoms with E-state index in [0.717, 1.165) is 18.8 Å². The predicted octanol–water partition coefficient (Wildman–Crippen LogP) is 1.75. The van der Waals surface area contributed by atoms with Gasteiger partial charge in [0.25, 0.3) is 0 Å². The summed E-state index contributed by atoms with van der Waals surface area (Å²) in [7, 11) is -2.01. The molecule has 0 spiro atoms. The van der Waals surface area contributed by atoms with Gasteiger partial charge in [0, 0.05) is 12.6 Å². The normalized spacial score (nSPS) is 15.4. The minimum atomic E-state index is -3.47. The molecule has 1 aliphatic rings. The van der Waals surface area contributed by atoms with Crippen LogP contribution in [0.25, 0.3) is 0 Å². The Bertz CT molecular complexity index is 539. The number of hydrogen-bond acceptors (Lipinski definition) is 4. The summed E-state index contributed by atoms with van der Waals surface area (Å²) < 4.78 is 31.8. The SMILES string of the molecule is COc1cc(S(=O)(=O)NCCCC2CC2)ccc1N. The van der Waals surface area contributed by atoms with Crippen LogP contribution in [0.15, 0.2) is 23.1 Å². The van der Waals surface area contributed by atoms with Gasteiger partial charge in [-0.25, -0.2) is 13.1 Å². The van der Waals surface area contributed by atoms with Gasteiger partial charge in [0.1, 0.15) is 5.75 Å². The zero-order chi connectivity index (χ0) is 13.9. The Morgan fingerprint density at radius 3 is 2.79 bits per heavy atom. The summed E-state index contributed by atoms with van der Waals surface area (Å²) in [5.74, 6) is 1.20. The van der Waals surface area contributed by atoms with Gasteiger partial charge in [-0.3, -0.25) is 0 Å². The Labute approximate surface area is 114 Å². The van der Waals surface area contributed by atoms with Crippen molar-refractivity contribution in [3.8, 4) is 5.75 Å². The maximum absolute atomic E-state index is 12.1. The van der Waals surface area contributed by atoms with Crippen LogP contribution in [-0.4, -0.2) is 22.1 Å². The molecule has 1 fully saturated rings. The second-order valence-corrected chi connectivity index (χ2v) is 6.65. The molecule has 0 atom stereocenters. The Hall–Kier alpha value is -1.27. The van der Waals surface area contributed by atoms with Crippen molar-refractivity contribution in [2.75, 3.05) is 19.4 Å². The third-order valence-electron chi connectivity index (χ3n) is 3.29. The zero-order valence-corrected chi connectivity index (χ0v) is 11.9. The van der Waals surface area contributed by atoms with E-state index in [9.17, 15) is 8.42 Å². The first-order valence-electron chi connectivity index (χ1n) is 6.46. The smallest absolute Gasteiger partial charge is 0.240 e. The number of anilines is 1. The first-order valence-corrected chi connectivity index (χ1v) is 7.94. The lowest BCUT2D eigenvalue weighted by atomic mass is 10.2. The molecule has 0 heterocycles. The fourth-order valence-electron chi connectivity index (χ4n) is 1.95. The molecule has 19 heavy (non-hydrogen) atoms. The van der Waals surface area contributed by atoms with Gasteiger partial charge in [0.15, 0.2) is 0 Å². The van der Waals surface area contributed by atoms with Crippen LogP contribution in [0, 0.1) is 5.92 Å². The number of nitrogen functional groups attached to an aromatic ring is 1. The van der Waals surface area contributed by atoms with E-state index in [1.165, 1.54) is 38.2 Å². The van der Waals surface area contributed by atoms with Crippen molar-refractivity contribution in [1.82, 2.24) is 4.72 Å². The highest BCUT2D eigenvalue weighted by Gasteiger charge is 2.21. The van der Waals surface area contributed by atoms with E-state index in [1.54, 1.807) is 0 Å². The van der Waals surface area contributed by atoms with Gasteiger partial charge >= 0.3 is 0 Å². The Kier molecular flexibility index (Phi) is 4.31. The van der Waals surface area contributed by atoms with Crippen LogP contribution in [-0.2, 0) is 10.0 Å². The lowest BCUT2D eigenvalue weighted by molar-refractivity contribution is 0.415. The molecular formula is C13H20N2O3S. The van der Waals surface area contributed by atoms with Gasteiger partial charge in [-0.2, -0.15) is 0 Å². The monoisotopic (exact) mass is 284 g/mol. The van der Waals surface area contributed by atoms with E-state index >= 15 is 0 Å². The summed E-state index contributed by atoms with van der Waals surface area (Å²) in [6, 6.07) is 4.47. The predicted molar refractivity (Wildman–Crippen MR) is 74.6 cm³/mol. The van der Waals surface area contributed by atoms with Crippen LogP contribution in [0.1, 0.15) is 25.7 Å². The van der Waals surface area contributed by atoms with Crippen LogP contribution in [0.5, 0.6) is 5.75 Å². The maximum Gasteiger partial charge on any atom is 0.240 e. The van der Waals surface area contributed by atoms with Crippen LogP contribution < -0.4 is 15.2 Å². The fraction of sp³-hybridized carbons (Fsp3) is 0.538. The number of methoxy groups -OCH3 is 1. The molecule has 0 bridgehead atoms. The van der Waals surface area contributed by atoms with Gasteiger partial charge in [-0.1, -0.05) is 12.8 Å². The number of nitrogens with one attached hydrogen (secondary N) is 1. The fourth-order valence-corrected chi connectivity index (χ4v) is 3.03. The second-order valence-electron chi connectivity index (χ2n) is 4.89. The summed E-state index contributed by atoms with van der Waals surface area (Å²) in [5, 5.41) is 0. The number of ether oxygens (including phenoxy) is 1. The average Bonchev–Trinajstić information content (AvgIpc) is 3.19. The van der Waals surface area contributed by atoms with Gasteiger partial charge in [0.05, 0.1) is 17.7 Å². The van der Waals surface area contributed by atoms with Crippen molar-refractivity contribution in [3.63, 3.8) is 0 Å². The van der Waals surface area contributed by atoms with Crippen molar-refractivity contribution in [3.05, 3.63) is 18.2 Å². The summed E-state index contributed by atoms with van der Waals surface area (Å²) in [6.07, 6.45) is 4.58. The third kappa shape index (κ3) is 3.84. The minimum absolute atomic E-state index is 0.185. The molecule has 0 aromatic heterocycles. The van der Waals surface area contributed by atoms with Crippen molar-refractivity contribution < 1.29 is 13.2 Å². The van der Waals surface area contributed by atoms with Crippen LogP contribution in [0.2, 0.25) is 0 Å². The highest BCUT2D eigenvalue weighted by molar-refractivity contribution is 7.89. The number of benzene rings is 1. The molecule has 6 heteroatoms. The van der Waals surface area contributed by atoms with Crippen molar-refractivity contribution in [1.29, 1.82) is 0 Å². The topological polar surface area (TPSA) is 81.4 Å². The molecular weight excluding hydrogens is 264 g/mol. The Morgan fingerprint density at radius 2 is 2.16 bits per heavy atom.